The van der Waals surface area contributed by atoms with Crippen LogP contribution in [-0.2, 0) is 9.53 Å². The molecule has 0 aliphatic heterocycles. The highest BCUT2D eigenvalue weighted by molar-refractivity contribution is 6.31. The second-order valence-corrected chi connectivity index (χ2v) is 5.40. The molecule has 0 bridgehead atoms. The van der Waals surface area contributed by atoms with Gasteiger partial charge in [0, 0.05) is 10.6 Å². The Morgan fingerprint density at radius 3 is 2.55 bits per heavy atom. The number of halogens is 1. The molecule has 1 unspecified atom stereocenters. The summed E-state index contributed by atoms with van der Waals surface area (Å²) in [5.74, 6) is -0.792. The van der Waals surface area contributed by atoms with Crippen molar-refractivity contribution in [3.05, 3.63) is 34.3 Å². The van der Waals surface area contributed by atoms with Gasteiger partial charge in [-0.1, -0.05) is 31.0 Å². The van der Waals surface area contributed by atoms with Crippen LogP contribution in [0, 0.1) is 6.92 Å². The van der Waals surface area contributed by atoms with Crippen molar-refractivity contribution in [3.63, 3.8) is 0 Å². The average Bonchev–Trinajstić information content (AvgIpc) is 2.40. The first kappa shape index (κ1) is 16.5. The van der Waals surface area contributed by atoms with E-state index in [4.69, 9.17) is 16.3 Å². The van der Waals surface area contributed by atoms with Crippen LogP contribution in [0.15, 0.2) is 18.2 Å². The lowest BCUT2D eigenvalue weighted by Gasteiger charge is -2.27. The zero-order chi connectivity index (χ0) is 15.3. The average molecular weight is 298 g/mol. The van der Waals surface area contributed by atoms with Crippen LogP contribution >= 0.6 is 11.6 Å². The number of amides is 1. The van der Waals surface area contributed by atoms with E-state index in [0.29, 0.717) is 17.0 Å². The van der Waals surface area contributed by atoms with Crippen molar-refractivity contribution in [2.75, 3.05) is 7.11 Å². The minimum Gasteiger partial charge on any atom is -0.467 e. The van der Waals surface area contributed by atoms with Crippen LogP contribution in [0.25, 0.3) is 0 Å². The third kappa shape index (κ3) is 3.73. The number of carbonyl (C=O) groups is 2. The largest absolute Gasteiger partial charge is 0.467 e. The fraction of sp³-hybridized carbons (Fsp3) is 0.467. The lowest BCUT2D eigenvalue weighted by Crippen LogP contribution is -2.52. The van der Waals surface area contributed by atoms with Gasteiger partial charge < -0.3 is 10.1 Å². The minimum atomic E-state index is -1.03. The monoisotopic (exact) mass is 297 g/mol. The number of aryl methyl sites for hydroxylation is 1. The van der Waals surface area contributed by atoms with Gasteiger partial charge >= 0.3 is 5.97 Å². The maximum atomic E-state index is 12.2. The molecule has 1 amide bonds. The molecule has 1 atom stereocenters. The Morgan fingerprint density at radius 2 is 2.05 bits per heavy atom. The summed E-state index contributed by atoms with van der Waals surface area (Å²) in [5, 5.41) is 3.26. The summed E-state index contributed by atoms with van der Waals surface area (Å²) >= 11 is 6.01. The van der Waals surface area contributed by atoms with E-state index >= 15 is 0 Å². The van der Waals surface area contributed by atoms with Crippen LogP contribution in [0.4, 0.5) is 0 Å². The van der Waals surface area contributed by atoms with E-state index in [0.717, 1.165) is 12.0 Å². The van der Waals surface area contributed by atoms with Gasteiger partial charge in [0.2, 0.25) is 0 Å². The van der Waals surface area contributed by atoms with E-state index in [2.05, 4.69) is 5.32 Å². The van der Waals surface area contributed by atoms with E-state index in [1.54, 1.807) is 25.1 Å². The van der Waals surface area contributed by atoms with E-state index in [1.165, 1.54) is 7.11 Å². The maximum absolute atomic E-state index is 12.2. The first-order chi connectivity index (χ1) is 9.34. The molecular formula is C15H20ClNO3. The van der Waals surface area contributed by atoms with E-state index in [1.807, 2.05) is 13.8 Å². The van der Waals surface area contributed by atoms with Crippen molar-refractivity contribution in [2.45, 2.75) is 39.2 Å². The molecule has 110 valence electrons. The molecule has 0 aromatic heterocycles. The highest BCUT2D eigenvalue weighted by atomic mass is 35.5. The maximum Gasteiger partial charge on any atom is 0.331 e. The SMILES string of the molecule is CCCC(C)(NC(=O)c1ccc(C)c(Cl)c1)C(=O)OC. The summed E-state index contributed by atoms with van der Waals surface area (Å²) in [6, 6.07) is 5.04. The molecule has 0 aliphatic rings. The molecule has 20 heavy (non-hydrogen) atoms. The Bertz CT molecular complexity index is 516. The first-order valence-electron chi connectivity index (χ1n) is 6.51. The molecule has 1 rings (SSSR count). The van der Waals surface area contributed by atoms with Gasteiger partial charge in [-0.25, -0.2) is 4.79 Å². The fourth-order valence-corrected chi connectivity index (χ4v) is 2.18. The molecule has 1 N–H and O–H groups in total. The highest BCUT2D eigenvalue weighted by Crippen LogP contribution is 2.19. The van der Waals surface area contributed by atoms with Crippen molar-refractivity contribution < 1.29 is 14.3 Å². The fourth-order valence-electron chi connectivity index (χ4n) is 2.00. The van der Waals surface area contributed by atoms with Gasteiger partial charge in [0.25, 0.3) is 5.91 Å². The second kappa shape index (κ2) is 6.75. The molecule has 0 heterocycles. The van der Waals surface area contributed by atoms with Crippen molar-refractivity contribution in [3.8, 4) is 0 Å². The lowest BCUT2D eigenvalue weighted by atomic mass is 9.95. The summed E-state index contributed by atoms with van der Waals surface area (Å²) in [4.78, 5) is 24.1. The van der Waals surface area contributed by atoms with Crippen molar-refractivity contribution in [1.29, 1.82) is 0 Å². The summed E-state index contributed by atoms with van der Waals surface area (Å²) in [5.41, 5.74) is 0.289. The molecule has 0 aliphatic carbocycles. The number of hydrogen-bond acceptors (Lipinski definition) is 3. The summed E-state index contributed by atoms with van der Waals surface area (Å²) in [7, 11) is 1.31. The Morgan fingerprint density at radius 1 is 1.40 bits per heavy atom. The minimum absolute atomic E-state index is 0.340. The van der Waals surface area contributed by atoms with Gasteiger partial charge in [0.05, 0.1) is 7.11 Å². The predicted octanol–water partition coefficient (Wildman–Crippen LogP) is 3.11. The third-order valence-corrected chi connectivity index (χ3v) is 3.62. The normalized spacial score (nSPS) is 13.4. The summed E-state index contributed by atoms with van der Waals surface area (Å²) in [6.07, 6.45) is 1.26. The van der Waals surface area contributed by atoms with Gasteiger partial charge in [-0.2, -0.15) is 0 Å². The molecule has 0 saturated carbocycles. The molecule has 5 heteroatoms. The predicted molar refractivity (Wildman–Crippen MR) is 79.0 cm³/mol. The topological polar surface area (TPSA) is 55.4 Å². The van der Waals surface area contributed by atoms with E-state index < -0.39 is 11.5 Å². The van der Waals surface area contributed by atoms with Crippen LogP contribution in [0.5, 0.6) is 0 Å². The van der Waals surface area contributed by atoms with Gasteiger partial charge in [-0.15, -0.1) is 0 Å². The Hall–Kier alpha value is -1.55. The number of benzene rings is 1. The summed E-state index contributed by atoms with van der Waals surface area (Å²) in [6.45, 7) is 5.46. The standard InChI is InChI=1S/C15H20ClNO3/c1-5-8-15(3,14(19)20-4)17-13(18)11-7-6-10(2)12(16)9-11/h6-7,9H,5,8H2,1-4H3,(H,17,18). The number of hydrogen-bond donors (Lipinski definition) is 1. The molecule has 1 aromatic rings. The quantitative estimate of drug-likeness (QED) is 0.850. The Labute approximate surface area is 124 Å². The number of esters is 1. The van der Waals surface area contributed by atoms with Crippen molar-refractivity contribution in [1.82, 2.24) is 5.32 Å². The number of carbonyl (C=O) groups excluding carboxylic acids is 2. The van der Waals surface area contributed by atoms with Crippen LogP contribution in [0.3, 0.4) is 0 Å². The number of ether oxygens (including phenoxy) is 1. The van der Waals surface area contributed by atoms with Gasteiger partial charge in [-0.05, 0) is 38.0 Å². The molecule has 0 fully saturated rings. The Balaban J connectivity index is 2.96. The third-order valence-electron chi connectivity index (χ3n) is 3.21. The number of methoxy groups -OCH3 is 1. The lowest BCUT2D eigenvalue weighted by molar-refractivity contribution is -0.147. The van der Waals surface area contributed by atoms with Crippen LogP contribution in [-0.4, -0.2) is 24.5 Å². The van der Waals surface area contributed by atoms with Crippen molar-refractivity contribution >= 4 is 23.5 Å². The smallest absolute Gasteiger partial charge is 0.331 e. The van der Waals surface area contributed by atoms with Crippen molar-refractivity contribution in [2.24, 2.45) is 0 Å². The molecular weight excluding hydrogens is 278 g/mol. The van der Waals surface area contributed by atoms with Gasteiger partial charge in [0.15, 0.2) is 0 Å². The van der Waals surface area contributed by atoms with Crippen LogP contribution in [0.2, 0.25) is 5.02 Å². The molecule has 4 nitrogen and oxygen atoms in total. The summed E-state index contributed by atoms with van der Waals surface area (Å²) < 4.78 is 4.77. The zero-order valence-corrected chi connectivity index (χ0v) is 13.0. The molecule has 0 spiro atoms. The Kier molecular flexibility index (Phi) is 5.57. The molecule has 0 saturated heterocycles. The number of nitrogens with one attached hydrogen (secondary N) is 1. The van der Waals surface area contributed by atoms with Gasteiger partial charge in [-0.3, -0.25) is 4.79 Å². The first-order valence-corrected chi connectivity index (χ1v) is 6.89. The van der Waals surface area contributed by atoms with E-state index in [9.17, 15) is 9.59 Å². The van der Waals surface area contributed by atoms with E-state index in [-0.39, 0.29) is 5.91 Å². The molecule has 1 aromatic carbocycles. The highest BCUT2D eigenvalue weighted by Gasteiger charge is 2.35. The van der Waals surface area contributed by atoms with Gasteiger partial charge in [0.1, 0.15) is 5.54 Å². The molecule has 0 radical (unpaired) electrons. The van der Waals surface area contributed by atoms with Crippen LogP contribution < -0.4 is 5.32 Å². The van der Waals surface area contributed by atoms with Crippen LogP contribution in [0.1, 0.15) is 42.6 Å². The second-order valence-electron chi connectivity index (χ2n) is 4.99. The number of rotatable bonds is 5. The zero-order valence-electron chi connectivity index (χ0n) is 12.2.